The molecule has 0 saturated carbocycles. The summed E-state index contributed by atoms with van der Waals surface area (Å²) in [4.78, 5) is 14.4. The normalized spacial score (nSPS) is 10.1. The van der Waals surface area contributed by atoms with Gasteiger partial charge in [0.05, 0.1) is 12.7 Å². The molecule has 19 heavy (non-hydrogen) atoms. The summed E-state index contributed by atoms with van der Waals surface area (Å²) in [6.07, 6.45) is 2.48. The number of carbonyl (C=O) groups excluding carboxylic acids is 1. The number of allylic oxidation sites excluding steroid dienone is 1. The molecule has 3 nitrogen and oxygen atoms in total. The van der Waals surface area contributed by atoms with Crippen LogP contribution >= 0.6 is 0 Å². The van der Waals surface area contributed by atoms with Gasteiger partial charge >= 0.3 is 0 Å². The zero-order valence-electron chi connectivity index (χ0n) is 12.3. The molecule has 1 aromatic rings. The van der Waals surface area contributed by atoms with Crippen molar-refractivity contribution in [3.05, 3.63) is 41.5 Å². The predicted octanol–water partition coefficient (Wildman–Crippen LogP) is 3.21. The van der Waals surface area contributed by atoms with E-state index in [1.165, 1.54) is 0 Å². The van der Waals surface area contributed by atoms with E-state index in [0.717, 1.165) is 11.1 Å². The fourth-order valence-corrected chi connectivity index (χ4v) is 2.22. The van der Waals surface area contributed by atoms with Gasteiger partial charge in [0.2, 0.25) is 0 Å². The Hall–Kier alpha value is -1.77. The predicted molar refractivity (Wildman–Crippen MR) is 78.9 cm³/mol. The fraction of sp³-hybridized carbons (Fsp3) is 0.438. The Morgan fingerprint density at radius 1 is 1.37 bits per heavy atom. The van der Waals surface area contributed by atoms with Crippen LogP contribution in [0.2, 0.25) is 0 Å². The first kappa shape index (κ1) is 15.3. The van der Waals surface area contributed by atoms with Gasteiger partial charge in [-0.05, 0) is 44.4 Å². The lowest BCUT2D eigenvalue weighted by molar-refractivity contribution is 0.0768. The van der Waals surface area contributed by atoms with Crippen molar-refractivity contribution in [2.24, 2.45) is 0 Å². The highest BCUT2D eigenvalue weighted by molar-refractivity contribution is 5.98. The highest BCUT2D eigenvalue weighted by atomic mass is 16.5. The Labute approximate surface area is 115 Å². The topological polar surface area (TPSA) is 29.5 Å². The van der Waals surface area contributed by atoms with Crippen LogP contribution in [0.5, 0.6) is 5.75 Å². The molecule has 0 spiro atoms. The van der Waals surface area contributed by atoms with Crippen molar-refractivity contribution >= 4 is 5.91 Å². The summed E-state index contributed by atoms with van der Waals surface area (Å²) in [6, 6.07) is 3.93. The van der Waals surface area contributed by atoms with Gasteiger partial charge in [0.25, 0.3) is 5.91 Å². The van der Waals surface area contributed by atoms with Crippen LogP contribution in [0.1, 0.15) is 35.3 Å². The van der Waals surface area contributed by atoms with Crippen LogP contribution in [0.25, 0.3) is 0 Å². The number of methoxy groups -OCH3 is 1. The van der Waals surface area contributed by atoms with Crippen molar-refractivity contribution in [2.45, 2.75) is 27.2 Å². The molecule has 0 aliphatic heterocycles. The lowest BCUT2D eigenvalue weighted by Crippen LogP contribution is -2.31. The summed E-state index contributed by atoms with van der Waals surface area (Å²) < 4.78 is 5.39. The highest BCUT2D eigenvalue weighted by Gasteiger charge is 2.21. The molecule has 0 fully saturated rings. The summed E-state index contributed by atoms with van der Waals surface area (Å²) in [5.74, 6) is 0.674. The summed E-state index contributed by atoms with van der Waals surface area (Å²) >= 11 is 0. The second-order valence-corrected chi connectivity index (χ2v) is 4.47. The van der Waals surface area contributed by atoms with Crippen molar-refractivity contribution in [1.82, 2.24) is 4.90 Å². The van der Waals surface area contributed by atoms with E-state index < -0.39 is 0 Å². The molecule has 0 radical (unpaired) electrons. The second-order valence-electron chi connectivity index (χ2n) is 4.47. The minimum absolute atomic E-state index is 0.0266. The number of aryl methyl sites for hydroxylation is 1. The number of hydrogen-bond donors (Lipinski definition) is 0. The number of benzene rings is 1. The van der Waals surface area contributed by atoms with Gasteiger partial charge in [-0.2, -0.15) is 0 Å². The average molecular weight is 261 g/mol. The van der Waals surface area contributed by atoms with E-state index in [1.807, 2.05) is 39.0 Å². The van der Waals surface area contributed by atoms with Crippen molar-refractivity contribution < 1.29 is 9.53 Å². The Morgan fingerprint density at radius 3 is 2.47 bits per heavy atom. The summed E-state index contributed by atoms with van der Waals surface area (Å²) in [7, 11) is 1.60. The number of hydrogen-bond acceptors (Lipinski definition) is 2. The molecule has 0 aliphatic rings. The molecule has 0 N–H and O–H groups in total. The molecule has 3 heteroatoms. The number of ether oxygens (including phenoxy) is 1. The molecule has 0 bridgehead atoms. The van der Waals surface area contributed by atoms with E-state index in [0.29, 0.717) is 30.8 Å². The minimum Gasteiger partial charge on any atom is -0.496 e. The van der Waals surface area contributed by atoms with Crippen LogP contribution in [0.4, 0.5) is 0 Å². The van der Waals surface area contributed by atoms with Gasteiger partial charge in [-0.25, -0.2) is 0 Å². The molecule has 0 heterocycles. The van der Waals surface area contributed by atoms with E-state index >= 15 is 0 Å². The van der Waals surface area contributed by atoms with Gasteiger partial charge in [0.15, 0.2) is 0 Å². The first-order chi connectivity index (χ1) is 9.08. The lowest BCUT2D eigenvalue weighted by atomic mass is 9.99. The summed E-state index contributed by atoms with van der Waals surface area (Å²) in [5, 5.41) is 0. The second kappa shape index (κ2) is 6.98. The van der Waals surface area contributed by atoms with Crippen molar-refractivity contribution in [2.75, 3.05) is 20.2 Å². The van der Waals surface area contributed by atoms with E-state index in [2.05, 4.69) is 6.58 Å². The molecule has 0 saturated heterocycles. The first-order valence-electron chi connectivity index (χ1n) is 6.66. The van der Waals surface area contributed by atoms with Crippen molar-refractivity contribution in [3.63, 3.8) is 0 Å². The van der Waals surface area contributed by atoms with Crippen LogP contribution in [0, 0.1) is 6.92 Å². The molecular formula is C16H23NO2. The maximum absolute atomic E-state index is 12.6. The first-order valence-corrected chi connectivity index (χ1v) is 6.66. The molecule has 104 valence electrons. The zero-order chi connectivity index (χ0) is 14.4. The van der Waals surface area contributed by atoms with Gasteiger partial charge in [0, 0.05) is 13.1 Å². The number of amides is 1. The standard InChI is InChI=1S/C16H23NO2/c1-6-9-13-10-12(4)11-14(19-5)15(13)16(18)17(7-2)8-3/h6,10-11H,1,7-9H2,2-5H3. The van der Waals surface area contributed by atoms with E-state index in [-0.39, 0.29) is 5.91 Å². The number of rotatable bonds is 6. The monoisotopic (exact) mass is 261 g/mol. The number of carbonyl (C=O) groups is 1. The average Bonchev–Trinajstić information content (AvgIpc) is 2.39. The van der Waals surface area contributed by atoms with Crippen molar-refractivity contribution in [3.8, 4) is 5.75 Å². The highest BCUT2D eigenvalue weighted by Crippen LogP contribution is 2.26. The maximum atomic E-state index is 12.6. The van der Waals surface area contributed by atoms with E-state index in [1.54, 1.807) is 12.0 Å². The quantitative estimate of drug-likeness (QED) is 0.736. The molecule has 0 aliphatic carbocycles. The van der Waals surface area contributed by atoms with Gasteiger partial charge in [-0.15, -0.1) is 6.58 Å². The third-order valence-corrected chi connectivity index (χ3v) is 3.18. The summed E-state index contributed by atoms with van der Waals surface area (Å²) in [6.45, 7) is 11.1. The van der Waals surface area contributed by atoms with Gasteiger partial charge in [-0.1, -0.05) is 12.1 Å². The maximum Gasteiger partial charge on any atom is 0.257 e. The third-order valence-electron chi connectivity index (χ3n) is 3.18. The van der Waals surface area contributed by atoms with Gasteiger partial charge in [-0.3, -0.25) is 4.79 Å². The van der Waals surface area contributed by atoms with Gasteiger partial charge < -0.3 is 9.64 Å². The smallest absolute Gasteiger partial charge is 0.257 e. The Bertz CT molecular complexity index is 462. The van der Waals surface area contributed by atoms with E-state index in [4.69, 9.17) is 4.74 Å². The summed E-state index contributed by atoms with van der Waals surface area (Å²) in [5.41, 5.74) is 2.73. The van der Waals surface area contributed by atoms with Crippen LogP contribution in [0.15, 0.2) is 24.8 Å². The SMILES string of the molecule is C=CCc1cc(C)cc(OC)c1C(=O)N(CC)CC. The van der Waals surface area contributed by atoms with Crippen LogP contribution in [-0.2, 0) is 6.42 Å². The molecule has 0 unspecified atom stereocenters. The van der Waals surface area contributed by atoms with E-state index in [9.17, 15) is 4.79 Å². The Kier molecular flexibility index (Phi) is 5.61. The van der Waals surface area contributed by atoms with Crippen LogP contribution < -0.4 is 4.74 Å². The van der Waals surface area contributed by atoms with Crippen molar-refractivity contribution in [1.29, 1.82) is 0 Å². The Morgan fingerprint density at radius 2 is 2.00 bits per heavy atom. The largest absolute Gasteiger partial charge is 0.496 e. The number of nitrogens with zero attached hydrogens (tertiary/aromatic N) is 1. The molecule has 0 atom stereocenters. The molecule has 1 aromatic carbocycles. The van der Waals surface area contributed by atoms with Gasteiger partial charge in [0.1, 0.15) is 5.75 Å². The van der Waals surface area contributed by atoms with Crippen LogP contribution in [0.3, 0.4) is 0 Å². The minimum atomic E-state index is 0.0266. The third kappa shape index (κ3) is 3.37. The molecular weight excluding hydrogens is 238 g/mol. The zero-order valence-corrected chi connectivity index (χ0v) is 12.3. The lowest BCUT2D eigenvalue weighted by Gasteiger charge is -2.22. The molecule has 1 amide bonds. The Balaban J connectivity index is 3.36. The van der Waals surface area contributed by atoms with Crippen LogP contribution in [-0.4, -0.2) is 31.0 Å². The molecule has 1 rings (SSSR count). The molecule has 0 aromatic heterocycles. The fourth-order valence-electron chi connectivity index (χ4n) is 2.22.